The molecule has 272 valence electrons. The van der Waals surface area contributed by atoms with E-state index in [1.165, 1.54) is 71.0 Å². The number of nitrogens with zero attached hydrogens (tertiary/aromatic N) is 2. The van der Waals surface area contributed by atoms with Gasteiger partial charge in [0.1, 0.15) is 5.82 Å². The zero-order valence-electron chi connectivity index (χ0n) is 32.3. The molecular formula is C55H42N2. The lowest BCUT2D eigenvalue weighted by Crippen LogP contribution is -2.42. The number of para-hydroxylation sites is 2. The van der Waals surface area contributed by atoms with Crippen molar-refractivity contribution in [3.8, 4) is 22.5 Å². The molecule has 2 nitrogen and oxygen atoms in total. The van der Waals surface area contributed by atoms with Crippen LogP contribution in [0.2, 0.25) is 0 Å². The van der Waals surface area contributed by atoms with Crippen LogP contribution in [0, 0.1) is 5.41 Å². The first-order valence-corrected chi connectivity index (χ1v) is 20.2. The number of allylic oxidation sites excluding steroid dienone is 8. The van der Waals surface area contributed by atoms with Crippen molar-refractivity contribution >= 4 is 43.7 Å². The SMILES string of the molecule is CC12CC=CC=C1C(c1ccc3ccccc3c1)=c1ccc(-c3ccc(-c4nc5ccccc5n4C4(C)C=CC=CC4)cc3)cc1=C2c1ccc2ccccc2c1. The minimum atomic E-state index is -0.231. The van der Waals surface area contributed by atoms with E-state index in [1.807, 2.05) is 0 Å². The Labute approximate surface area is 333 Å². The molecule has 0 saturated carbocycles. The van der Waals surface area contributed by atoms with Gasteiger partial charge in [-0.05, 0) is 121 Å². The molecule has 0 radical (unpaired) electrons. The van der Waals surface area contributed by atoms with Crippen LogP contribution in [0.5, 0.6) is 0 Å². The van der Waals surface area contributed by atoms with Crippen molar-refractivity contribution in [3.05, 3.63) is 221 Å². The third-order valence-electron chi connectivity index (χ3n) is 12.8. The Morgan fingerprint density at radius 3 is 1.89 bits per heavy atom. The Hall–Kier alpha value is -6.77. The zero-order valence-corrected chi connectivity index (χ0v) is 32.3. The third kappa shape index (κ3) is 5.35. The second-order valence-corrected chi connectivity index (χ2v) is 16.4. The van der Waals surface area contributed by atoms with E-state index in [1.54, 1.807) is 0 Å². The number of benzene rings is 7. The standard InChI is InChI=1S/C55H42N2/c1-54(31-11-3-12-32-54)57-50-20-9-8-19-49(50)56-53(57)40-25-21-39(22-26-40)43-29-30-46-47(36-43)52(45-28-24-38-15-5-7-17-42(38)35-45)55(2)33-13-10-18-48(55)51(46)44-27-23-37-14-4-6-16-41(37)34-44/h3-31,34-36H,32-33H2,1-2H3. The molecule has 1 heterocycles. The summed E-state index contributed by atoms with van der Waals surface area (Å²) >= 11 is 0. The maximum atomic E-state index is 5.22. The Kier molecular flexibility index (Phi) is 7.59. The van der Waals surface area contributed by atoms with E-state index >= 15 is 0 Å². The summed E-state index contributed by atoms with van der Waals surface area (Å²) in [7, 11) is 0. The molecule has 7 aromatic carbocycles. The van der Waals surface area contributed by atoms with Crippen LogP contribution in [0.25, 0.3) is 66.2 Å². The number of fused-ring (bicyclic) bond motifs is 5. The molecule has 0 fully saturated rings. The van der Waals surface area contributed by atoms with Crippen molar-refractivity contribution in [1.82, 2.24) is 9.55 Å². The second kappa shape index (κ2) is 12.9. The maximum absolute atomic E-state index is 5.22. The van der Waals surface area contributed by atoms with Gasteiger partial charge in [0.2, 0.25) is 0 Å². The summed E-state index contributed by atoms with van der Waals surface area (Å²) in [6.45, 7) is 4.77. The molecule has 3 aliphatic rings. The highest BCUT2D eigenvalue weighted by atomic mass is 15.1. The van der Waals surface area contributed by atoms with E-state index in [2.05, 4.69) is 213 Å². The van der Waals surface area contributed by atoms with Crippen LogP contribution in [-0.2, 0) is 5.54 Å². The van der Waals surface area contributed by atoms with Gasteiger partial charge in [0.05, 0.1) is 16.6 Å². The maximum Gasteiger partial charge on any atom is 0.141 e. The second-order valence-electron chi connectivity index (χ2n) is 16.4. The molecule has 1 aromatic heterocycles. The van der Waals surface area contributed by atoms with E-state index in [-0.39, 0.29) is 11.0 Å². The number of rotatable bonds is 5. The van der Waals surface area contributed by atoms with Crippen molar-refractivity contribution < 1.29 is 0 Å². The Bertz CT molecular complexity index is 3200. The molecule has 0 saturated heterocycles. The van der Waals surface area contributed by atoms with Crippen molar-refractivity contribution in [1.29, 1.82) is 0 Å². The Morgan fingerprint density at radius 2 is 1.14 bits per heavy atom. The predicted octanol–water partition coefficient (Wildman–Crippen LogP) is 12.2. The number of hydrogen-bond donors (Lipinski definition) is 0. The quantitative estimate of drug-likeness (QED) is 0.172. The van der Waals surface area contributed by atoms with Gasteiger partial charge in [-0.3, -0.25) is 0 Å². The van der Waals surface area contributed by atoms with Gasteiger partial charge in [0.25, 0.3) is 0 Å². The molecule has 0 N–H and O–H groups in total. The molecule has 8 aromatic rings. The first-order valence-electron chi connectivity index (χ1n) is 20.2. The summed E-state index contributed by atoms with van der Waals surface area (Å²) in [5, 5.41) is 7.63. The van der Waals surface area contributed by atoms with Gasteiger partial charge in [-0.25, -0.2) is 4.98 Å². The fourth-order valence-corrected chi connectivity index (χ4v) is 9.85. The lowest BCUT2D eigenvalue weighted by Gasteiger charge is -2.41. The van der Waals surface area contributed by atoms with Gasteiger partial charge in [0.15, 0.2) is 0 Å². The van der Waals surface area contributed by atoms with Crippen LogP contribution in [0.4, 0.5) is 0 Å². The van der Waals surface area contributed by atoms with E-state index in [4.69, 9.17) is 4.98 Å². The smallest absolute Gasteiger partial charge is 0.141 e. The fourth-order valence-electron chi connectivity index (χ4n) is 9.85. The molecule has 0 aliphatic heterocycles. The van der Waals surface area contributed by atoms with Crippen LogP contribution >= 0.6 is 0 Å². The molecule has 11 rings (SSSR count). The molecule has 0 spiro atoms. The van der Waals surface area contributed by atoms with Gasteiger partial charge in [-0.2, -0.15) is 0 Å². The number of aromatic nitrogens is 2. The lowest BCUT2D eigenvalue weighted by molar-refractivity contribution is 0.427. The molecule has 3 aliphatic carbocycles. The van der Waals surface area contributed by atoms with Gasteiger partial charge < -0.3 is 4.57 Å². The molecule has 0 amide bonds. The summed E-state index contributed by atoms with van der Waals surface area (Å²) in [6, 6.07) is 56.2. The highest BCUT2D eigenvalue weighted by Crippen LogP contribution is 2.51. The van der Waals surface area contributed by atoms with Crippen LogP contribution in [0.3, 0.4) is 0 Å². The van der Waals surface area contributed by atoms with E-state index in [0.29, 0.717) is 0 Å². The van der Waals surface area contributed by atoms with E-state index in [9.17, 15) is 0 Å². The normalized spacial score (nSPS) is 19.9. The van der Waals surface area contributed by atoms with Crippen molar-refractivity contribution in [3.63, 3.8) is 0 Å². The van der Waals surface area contributed by atoms with Gasteiger partial charge in [-0.1, -0.05) is 171 Å². The lowest BCUT2D eigenvalue weighted by atomic mass is 9.62. The summed E-state index contributed by atoms with van der Waals surface area (Å²) in [6.07, 6.45) is 17.7. The van der Waals surface area contributed by atoms with E-state index in [0.717, 1.165) is 35.3 Å². The Morgan fingerprint density at radius 1 is 0.509 bits per heavy atom. The third-order valence-corrected chi connectivity index (χ3v) is 12.8. The average Bonchev–Trinajstić information content (AvgIpc) is 3.66. The van der Waals surface area contributed by atoms with Gasteiger partial charge >= 0.3 is 0 Å². The van der Waals surface area contributed by atoms with Gasteiger partial charge in [-0.15, -0.1) is 0 Å². The summed E-state index contributed by atoms with van der Waals surface area (Å²) in [5.41, 5.74) is 11.9. The largest absolute Gasteiger partial charge is 0.314 e. The monoisotopic (exact) mass is 730 g/mol. The van der Waals surface area contributed by atoms with Crippen LogP contribution in [0.1, 0.15) is 37.8 Å². The van der Waals surface area contributed by atoms with Crippen LogP contribution in [-0.4, -0.2) is 9.55 Å². The summed E-state index contributed by atoms with van der Waals surface area (Å²) in [5.74, 6) is 0.995. The van der Waals surface area contributed by atoms with Crippen molar-refractivity contribution in [2.75, 3.05) is 0 Å². The first kappa shape index (κ1) is 33.6. The highest BCUT2D eigenvalue weighted by Gasteiger charge is 2.40. The first-order chi connectivity index (χ1) is 28.0. The van der Waals surface area contributed by atoms with Crippen LogP contribution < -0.4 is 10.4 Å². The minimum Gasteiger partial charge on any atom is -0.314 e. The topological polar surface area (TPSA) is 17.8 Å². The number of hydrogen-bond acceptors (Lipinski definition) is 1. The fraction of sp³-hybridized carbons (Fsp3) is 0.109. The van der Waals surface area contributed by atoms with Crippen LogP contribution in [0.15, 0.2) is 200 Å². The Balaban J connectivity index is 1.13. The number of imidazole rings is 1. The van der Waals surface area contributed by atoms with E-state index < -0.39 is 0 Å². The minimum absolute atomic E-state index is 0.205. The van der Waals surface area contributed by atoms with Crippen molar-refractivity contribution in [2.45, 2.75) is 32.2 Å². The summed E-state index contributed by atoms with van der Waals surface area (Å²) in [4.78, 5) is 5.22. The zero-order chi connectivity index (χ0) is 38.1. The van der Waals surface area contributed by atoms with Gasteiger partial charge in [0, 0.05) is 11.0 Å². The molecule has 2 heteroatoms. The molecular weight excluding hydrogens is 689 g/mol. The molecule has 2 unspecified atom stereocenters. The average molecular weight is 731 g/mol. The highest BCUT2D eigenvalue weighted by molar-refractivity contribution is 5.96. The molecule has 2 atom stereocenters. The molecule has 0 bridgehead atoms. The van der Waals surface area contributed by atoms with Crippen molar-refractivity contribution in [2.24, 2.45) is 5.41 Å². The predicted molar refractivity (Wildman–Crippen MR) is 239 cm³/mol. The summed E-state index contributed by atoms with van der Waals surface area (Å²) < 4.78 is 2.43. The molecule has 57 heavy (non-hydrogen) atoms.